The second kappa shape index (κ2) is 5.84. The van der Waals surface area contributed by atoms with Gasteiger partial charge in [0.1, 0.15) is 0 Å². The molecule has 1 aromatic heterocycles. The fraction of sp³-hybridized carbons (Fsp3) is 0.769. The van der Waals surface area contributed by atoms with Gasteiger partial charge in [0.15, 0.2) is 5.82 Å². The third kappa shape index (κ3) is 3.32. The monoisotopic (exact) mass is 311 g/mol. The Hall–Kier alpha value is -1.28. The number of morpholine rings is 1. The highest BCUT2D eigenvalue weighted by molar-refractivity contribution is 7.99. The molecular weight excluding hydrogens is 290 g/mol. The number of amides is 1. The molecule has 2 heterocycles. The largest absolute Gasteiger partial charge is 0.372 e. The van der Waals surface area contributed by atoms with Gasteiger partial charge < -0.3 is 15.5 Å². The molecule has 21 heavy (non-hydrogen) atoms. The van der Waals surface area contributed by atoms with E-state index in [0.717, 1.165) is 18.7 Å². The van der Waals surface area contributed by atoms with Gasteiger partial charge in [0, 0.05) is 19.0 Å². The van der Waals surface area contributed by atoms with Crippen molar-refractivity contribution in [1.82, 2.24) is 19.8 Å². The summed E-state index contributed by atoms with van der Waals surface area (Å²) >= 11 is 1.35. The zero-order chi connectivity index (χ0) is 15.0. The van der Waals surface area contributed by atoms with Crippen LogP contribution in [0.2, 0.25) is 0 Å². The van der Waals surface area contributed by atoms with Gasteiger partial charge in [0.25, 0.3) is 0 Å². The number of nitrogens with zero attached hydrogens (tertiary/aromatic N) is 4. The smallest absolute Gasteiger partial charge is 0.233 e. The number of carbonyl (C=O) groups is 1. The Bertz CT molecular complexity index is 521. The minimum absolute atomic E-state index is 0.0855. The number of hydrogen-bond acceptors (Lipinski definition) is 6. The zero-order valence-electron chi connectivity index (χ0n) is 12.4. The van der Waals surface area contributed by atoms with E-state index >= 15 is 0 Å². The molecule has 7 nitrogen and oxygen atoms in total. The van der Waals surface area contributed by atoms with Gasteiger partial charge in [-0.3, -0.25) is 4.79 Å². The summed E-state index contributed by atoms with van der Waals surface area (Å²) in [5.74, 6) is 7.69. The van der Waals surface area contributed by atoms with Crippen molar-refractivity contribution in [3.05, 3.63) is 5.82 Å². The molecule has 3 rings (SSSR count). The lowest BCUT2D eigenvalue weighted by Crippen LogP contribution is -2.48. The minimum atomic E-state index is 0.0855. The molecule has 1 amide bonds. The SMILES string of the molecule is C[C@@H]1CN(C(=O)CSc2nnc(C3CC3)n2N)C[C@@H](C)O1. The molecule has 0 spiro atoms. The maximum Gasteiger partial charge on any atom is 0.233 e. The van der Waals surface area contributed by atoms with Crippen LogP contribution in [0.3, 0.4) is 0 Å². The van der Waals surface area contributed by atoms with Crippen LogP contribution >= 0.6 is 11.8 Å². The summed E-state index contributed by atoms with van der Waals surface area (Å²) < 4.78 is 7.17. The van der Waals surface area contributed by atoms with Crippen molar-refractivity contribution >= 4 is 17.7 Å². The molecule has 1 saturated carbocycles. The number of thioether (sulfide) groups is 1. The van der Waals surface area contributed by atoms with Crippen molar-refractivity contribution in [2.45, 2.75) is 50.0 Å². The molecule has 1 aliphatic heterocycles. The molecule has 1 saturated heterocycles. The second-order valence-electron chi connectivity index (χ2n) is 5.83. The van der Waals surface area contributed by atoms with Gasteiger partial charge in [0.2, 0.25) is 11.1 Å². The van der Waals surface area contributed by atoms with Gasteiger partial charge >= 0.3 is 0 Å². The highest BCUT2D eigenvalue weighted by Gasteiger charge is 2.30. The third-order valence-electron chi connectivity index (χ3n) is 3.73. The zero-order valence-corrected chi connectivity index (χ0v) is 13.2. The van der Waals surface area contributed by atoms with E-state index in [1.54, 1.807) is 0 Å². The summed E-state index contributed by atoms with van der Waals surface area (Å²) in [7, 11) is 0. The molecule has 0 unspecified atom stereocenters. The number of hydrogen-bond donors (Lipinski definition) is 1. The predicted molar refractivity (Wildman–Crippen MR) is 79.5 cm³/mol. The standard InChI is InChI=1S/C13H21N5O2S/c1-8-5-17(6-9(2)20-8)11(19)7-21-13-16-15-12(18(13)14)10-3-4-10/h8-10H,3-7,14H2,1-2H3/t8-,9-/m1/s1. The van der Waals surface area contributed by atoms with Crippen molar-refractivity contribution in [3.63, 3.8) is 0 Å². The molecule has 0 aromatic carbocycles. The molecule has 0 bridgehead atoms. The van der Waals surface area contributed by atoms with E-state index < -0.39 is 0 Å². The lowest BCUT2D eigenvalue weighted by atomic mass is 10.2. The molecule has 2 aliphatic rings. The van der Waals surface area contributed by atoms with Gasteiger partial charge in [-0.1, -0.05) is 11.8 Å². The first kappa shape index (κ1) is 14.6. The highest BCUT2D eigenvalue weighted by atomic mass is 32.2. The first-order chi connectivity index (χ1) is 10.0. The summed E-state index contributed by atoms with van der Waals surface area (Å²) in [6, 6.07) is 0. The van der Waals surface area contributed by atoms with Crippen molar-refractivity contribution in [2.75, 3.05) is 24.7 Å². The maximum atomic E-state index is 12.3. The average molecular weight is 311 g/mol. The molecule has 2 fully saturated rings. The van der Waals surface area contributed by atoms with Crippen molar-refractivity contribution in [3.8, 4) is 0 Å². The lowest BCUT2D eigenvalue weighted by Gasteiger charge is -2.35. The summed E-state index contributed by atoms with van der Waals surface area (Å²) in [5.41, 5.74) is 0. The fourth-order valence-corrected chi connectivity index (χ4v) is 3.37. The summed E-state index contributed by atoms with van der Waals surface area (Å²) in [4.78, 5) is 14.1. The average Bonchev–Trinajstić information content (AvgIpc) is 3.20. The topological polar surface area (TPSA) is 86.3 Å². The van der Waals surface area contributed by atoms with Crippen LogP contribution in [-0.4, -0.2) is 56.7 Å². The number of nitrogens with two attached hydrogens (primary N) is 1. The second-order valence-corrected chi connectivity index (χ2v) is 6.77. The van der Waals surface area contributed by atoms with Crippen LogP contribution in [0.15, 0.2) is 5.16 Å². The molecule has 8 heteroatoms. The van der Waals surface area contributed by atoms with E-state index in [4.69, 9.17) is 10.6 Å². The summed E-state index contributed by atoms with van der Waals surface area (Å²) in [6.07, 6.45) is 2.43. The van der Waals surface area contributed by atoms with Gasteiger partial charge in [-0.15, -0.1) is 10.2 Å². The van der Waals surface area contributed by atoms with Crippen LogP contribution in [0.25, 0.3) is 0 Å². The normalized spacial score (nSPS) is 26.1. The number of ether oxygens (including phenoxy) is 1. The van der Waals surface area contributed by atoms with Crippen LogP contribution in [0.5, 0.6) is 0 Å². The Morgan fingerprint density at radius 1 is 1.33 bits per heavy atom. The Kier molecular flexibility index (Phi) is 4.08. The number of rotatable bonds is 4. The summed E-state index contributed by atoms with van der Waals surface area (Å²) in [6.45, 7) is 5.27. The van der Waals surface area contributed by atoms with E-state index in [1.165, 1.54) is 16.4 Å². The molecular formula is C13H21N5O2S. The lowest BCUT2D eigenvalue weighted by molar-refractivity contribution is -0.140. The number of carbonyl (C=O) groups excluding carboxylic acids is 1. The predicted octanol–water partition coefficient (Wildman–Crippen LogP) is 0.597. The van der Waals surface area contributed by atoms with Gasteiger partial charge in [-0.25, -0.2) is 4.68 Å². The van der Waals surface area contributed by atoms with Crippen molar-refractivity contribution in [2.24, 2.45) is 0 Å². The van der Waals surface area contributed by atoms with E-state index in [2.05, 4.69) is 10.2 Å². The maximum absolute atomic E-state index is 12.3. The molecule has 2 N–H and O–H groups in total. The number of nitrogen functional groups attached to an aromatic ring is 1. The number of aromatic nitrogens is 3. The van der Waals surface area contributed by atoms with E-state index in [9.17, 15) is 4.79 Å². The highest BCUT2D eigenvalue weighted by Crippen LogP contribution is 2.39. The van der Waals surface area contributed by atoms with Crippen LogP contribution in [0.4, 0.5) is 0 Å². The minimum Gasteiger partial charge on any atom is -0.372 e. The van der Waals surface area contributed by atoms with Crippen LogP contribution in [0, 0.1) is 0 Å². The van der Waals surface area contributed by atoms with Crippen LogP contribution in [0.1, 0.15) is 38.4 Å². The fourth-order valence-electron chi connectivity index (χ4n) is 2.61. The molecule has 1 aliphatic carbocycles. The molecule has 116 valence electrons. The van der Waals surface area contributed by atoms with E-state index in [1.807, 2.05) is 18.7 Å². The quantitative estimate of drug-likeness (QED) is 0.647. The first-order valence-corrected chi connectivity index (χ1v) is 8.29. The van der Waals surface area contributed by atoms with Crippen molar-refractivity contribution in [1.29, 1.82) is 0 Å². The van der Waals surface area contributed by atoms with Gasteiger partial charge in [-0.05, 0) is 26.7 Å². The Labute approximate surface area is 128 Å². The van der Waals surface area contributed by atoms with E-state index in [-0.39, 0.29) is 18.1 Å². The molecule has 1 aromatic rings. The van der Waals surface area contributed by atoms with Gasteiger partial charge in [0.05, 0.1) is 18.0 Å². The van der Waals surface area contributed by atoms with Crippen LogP contribution in [-0.2, 0) is 9.53 Å². The third-order valence-corrected chi connectivity index (χ3v) is 4.66. The Morgan fingerprint density at radius 2 is 2.00 bits per heavy atom. The first-order valence-electron chi connectivity index (χ1n) is 7.31. The Balaban J connectivity index is 1.55. The summed E-state index contributed by atoms with van der Waals surface area (Å²) in [5, 5.41) is 8.80. The van der Waals surface area contributed by atoms with Crippen molar-refractivity contribution < 1.29 is 9.53 Å². The van der Waals surface area contributed by atoms with Crippen LogP contribution < -0.4 is 5.84 Å². The van der Waals surface area contributed by atoms with E-state index in [0.29, 0.717) is 29.9 Å². The molecule has 2 atom stereocenters. The molecule has 0 radical (unpaired) electrons. The Morgan fingerprint density at radius 3 is 2.62 bits per heavy atom. The van der Waals surface area contributed by atoms with Gasteiger partial charge in [-0.2, -0.15) is 0 Å².